The zero-order valence-electron chi connectivity index (χ0n) is 6.47. The summed E-state index contributed by atoms with van der Waals surface area (Å²) in [6.07, 6.45) is 0. The fraction of sp³-hybridized carbons (Fsp3) is 0.125. The molecule has 0 aliphatic rings. The summed E-state index contributed by atoms with van der Waals surface area (Å²) in [5.74, 6) is 0. The van der Waals surface area contributed by atoms with E-state index in [2.05, 4.69) is 20.9 Å². The minimum atomic E-state index is -0.0243. The largest absolute Gasteiger partial charge is 0.343 e. The average Bonchev–Trinajstić information content (AvgIpc) is 2.29. The van der Waals surface area contributed by atoms with Gasteiger partial charge in [-0.05, 0) is 28.9 Å². The summed E-state index contributed by atoms with van der Waals surface area (Å²) in [5.41, 5.74) is 1.74. The standard InChI is InChI=1S/C8H7BrN2O/c1-5-8(9)11-6(10-5)3-2-4-7(11)12/h2-4,10H,1H3. The predicted octanol–water partition coefficient (Wildman–Crippen LogP) is 1.70. The summed E-state index contributed by atoms with van der Waals surface area (Å²) in [5, 5.41) is 0. The van der Waals surface area contributed by atoms with Crippen molar-refractivity contribution in [2.75, 3.05) is 0 Å². The van der Waals surface area contributed by atoms with Gasteiger partial charge in [0.2, 0.25) is 0 Å². The SMILES string of the molecule is Cc1[nH]c2cccc(=O)n2c1Br. The summed E-state index contributed by atoms with van der Waals surface area (Å²) in [6.45, 7) is 1.91. The van der Waals surface area contributed by atoms with E-state index in [0.717, 1.165) is 15.9 Å². The topological polar surface area (TPSA) is 37.3 Å². The highest BCUT2D eigenvalue weighted by Crippen LogP contribution is 2.14. The number of aryl methyl sites for hydroxylation is 1. The number of hydrogen-bond acceptors (Lipinski definition) is 1. The van der Waals surface area contributed by atoms with Crippen molar-refractivity contribution >= 4 is 21.6 Å². The minimum Gasteiger partial charge on any atom is -0.343 e. The molecular weight excluding hydrogens is 220 g/mol. The number of fused-ring (bicyclic) bond motifs is 1. The molecule has 0 spiro atoms. The van der Waals surface area contributed by atoms with Crippen molar-refractivity contribution < 1.29 is 0 Å². The Morgan fingerprint density at radius 2 is 2.25 bits per heavy atom. The number of pyridine rings is 1. The molecule has 0 radical (unpaired) electrons. The van der Waals surface area contributed by atoms with E-state index in [9.17, 15) is 4.79 Å². The molecule has 2 heterocycles. The molecule has 0 bridgehead atoms. The highest BCUT2D eigenvalue weighted by molar-refractivity contribution is 9.10. The molecule has 0 aliphatic carbocycles. The molecular formula is C8H7BrN2O. The van der Waals surface area contributed by atoms with Gasteiger partial charge in [-0.2, -0.15) is 0 Å². The van der Waals surface area contributed by atoms with Gasteiger partial charge >= 0.3 is 0 Å². The summed E-state index contributed by atoms with van der Waals surface area (Å²) < 4.78 is 2.39. The summed E-state index contributed by atoms with van der Waals surface area (Å²) >= 11 is 3.33. The number of hydrogen-bond donors (Lipinski definition) is 1. The van der Waals surface area contributed by atoms with Gasteiger partial charge in [-0.15, -0.1) is 0 Å². The van der Waals surface area contributed by atoms with Crippen LogP contribution in [0.15, 0.2) is 27.6 Å². The second kappa shape index (κ2) is 2.48. The Kier molecular flexibility index (Phi) is 1.58. The minimum absolute atomic E-state index is 0.0243. The maximum absolute atomic E-state index is 11.3. The van der Waals surface area contributed by atoms with Crippen LogP contribution in [0.25, 0.3) is 5.65 Å². The number of H-pyrrole nitrogens is 1. The van der Waals surface area contributed by atoms with Crippen LogP contribution in [0.3, 0.4) is 0 Å². The lowest BCUT2D eigenvalue weighted by atomic mass is 10.5. The van der Waals surface area contributed by atoms with Gasteiger partial charge in [0.25, 0.3) is 5.56 Å². The summed E-state index contributed by atoms with van der Waals surface area (Å²) in [7, 11) is 0. The molecule has 0 fully saturated rings. The van der Waals surface area contributed by atoms with Crippen molar-refractivity contribution in [3.63, 3.8) is 0 Å². The molecule has 0 aromatic carbocycles. The lowest BCUT2D eigenvalue weighted by molar-refractivity contribution is 1.08. The third-order valence-corrected chi connectivity index (χ3v) is 2.72. The zero-order chi connectivity index (χ0) is 8.72. The molecule has 2 aromatic rings. The van der Waals surface area contributed by atoms with Gasteiger partial charge in [-0.1, -0.05) is 6.07 Å². The molecule has 2 rings (SSSR count). The number of imidazole rings is 1. The number of nitrogens with zero attached hydrogens (tertiary/aromatic N) is 1. The van der Waals surface area contributed by atoms with E-state index in [1.165, 1.54) is 6.07 Å². The third-order valence-electron chi connectivity index (χ3n) is 1.78. The van der Waals surface area contributed by atoms with E-state index >= 15 is 0 Å². The quantitative estimate of drug-likeness (QED) is 0.730. The van der Waals surface area contributed by atoms with Crippen LogP contribution in [0.4, 0.5) is 0 Å². The van der Waals surface area contributed by atoms with Crippen LogP contribution < -0.4 is 5.56 Å². The van der Waals surface area contributed by atoms with Gasteiger partial charge < -0.3 is 4.98 Å². The van der Waals surface area contributed by atoms with E-state index in [-0.39, 0.29) is 5.56 Å². The van der Waals surface area contributed by atoms with Crippen molar-refractivity contribution in [1.82, 2.24) is 9.38 Å². The highest BCUT2D eigenvalue weighted by atomic mass is 79.9. The van der Waals surface area contributed by atoms with E-state index in [1.54, 1.807) is 10.5 Å². The van der Waals surface area contributed by atoms with Gasteiger partial charge in [0, 0.05) is 11.8 Å². The van der Waals surface area contributed by atoms with E-state index in [1.807, 2.05) is 13.0 Å². The van der Waals surface area contributed by atoms with Gasteiger partial charge in [-0.3, -0.25) is 9.20 Å². The van der Waals surface area contributed by atoms with Crippen molar-refractivity contribution in [3.05, 3.63) is 38.9 Å². The molecule has 0 aliphatic heterocycles. The Morgan fingerprint density at radius 1 is 1.50 bits per heavy atom. The summed E-state index contributed by atoms with van der Waals surface area (Å²) in [4.78, 5) is 14.4. The van der Waals surface area contributed by atoms with Crippen molar-refractivity contribution in [1.29, 1.82) is 0 Å². The van der Waals surface area contributed by atoms with Crippen LogP contribution in [0.2, 0.25) is 0 Å². The van der Waals surface area contributed by atoms with Gasteiger partial charge in [-0.25, -0.2) is 0 Å². The first-order chi connectivity index (χ1) is 5.70. The number of rotatable bonds is 0. The van der Waals surface area contributed by atoms with E-state index in [0.29, 0.717) is 0 Å². The van der Waals surface area contributed by atoms with Crippen LogP contribution in [-0.2, 0) is 0 Å². The Balaban J connectivity index is 3.07. The van der Waals surface area contributed by atoms with Crippen LogP contribution in [0, 0.1) is 6.92 Å². The molecule has 1 N–H and O–H groups in total. The third kappa shape index (κ3) is 0.914. The van der Waals surface area contributed by atoms with Crippen LogP contribution in [-0.4, -0.2) is 9.38 Å². The molecule has 0 saturated carbocycles. The molecule has 3 nitrogen and oxygen atoms in total. The first kappa shape index (κ1) is 7.61. The second-order valence-corrected chi connectivity index (χ2v) is 3.38. The Morgan fingerprint density at radius 3 is 2.92 bits per heavy atom. The highest BCUT2D eigenvalue weighted by Gasteiger charge is 2.04. The first-order valence-electron chi connectivity index (χ1n) is 3.56. The van der Waals surface area contributed by atoms with E-state index < -0.39 is 0 Å². The van der Waals surface area contributed by atoms with Gasteiger partial charge in [0.1, 0.15) is 10.3 Å². The normalized spacial score (nSPS) is 10.8. The Hall–Kier alpha value is -1.03. The average molecular weight is 227 g/mol. The van der Waals surface area contributed by atoms with Crippen molar-refractivity contribution in [2.45, 2.75) is 6.92 Å². The fourth-order valence-electron chi connectivity index (χ4n) is 1.20. The lowest BCUT2D eigenvalue weighted by Gasteiger charge is -1.90. The van der Waals surface area contributed by atoms with Gasteiger partial charge in [0.05, 0.1) is 0 Å². The van der Waals surface area contributed by atoms with Crippen LogP contribution >= 0.6 is 15.9 Å². The fourth-order valence-corrected chi connectivity index (χ4v) is 1.67. The number of halogens is 1. The zero-order valence-corrected chi connectivity index (χ0v) is 8.05. The Bertz CT molecular complexity index is 483. The second-order valence-electron chi connectivity index (χ2n) is 2.63. The number of aromatic nitrogens is 2. The molecule has 62 valence electrons. The molecule has 0 atom stereocenters. The maximum atomic E-state index is 11.3. The van der Waals surface area contributed by atoms with Crippen LogP contribution in [0.1, 0.15) is 5.69 Å². The van der Waals surface area contributed by atoms with Crippen molar-refractivity contribution in [3.8, 4) is 0 Å². The van der Waals surface area contributed by atoms with Gasteiger partial charge in [0.15, 0.2) is 0 Å². The first-order valence-corrected chi connectivity index (χ1v) is 4.35. The number of aromatic amines is 1. The van der Waals surface area contributed by atoms with Crippen LogP contribution in [0.5, 0.6) is 0 Å². The maximum Gasteiger partial charge on any atom is 0.257 e. The molecule has 0 amide bonds. The lowest BCUT2D eigenvalue weighted by Crippen LogP contribution is -2.09. The monoisotopic (exact) mass is 226 g/mol. The smallest absolute Gasteiger partial charge is 0.257 e. The molecule has 4 heteroatoms. The van der Waals surface area contributed by atoms with Crippen molar-refractivity contribution in [2.24, 2.45) is 0 Å². The predicted molar refractivity (Wildman–Crippen MR) is 50.5 cm³/mol. The molecule has 12 heavy (non-hydrogen) atoms. The summed E-state index contributed by atoms with van der Waals surface area (Å²) in [6, 6.07) is 5.13. The van der Waals surface area contributed by atoms with E-state index in [4.69, 9.17) is 0 Å². The molecule has 2 aromatic heterocycles. The molecule has 0 saturated heterocycles. The Labute approximate surface area is 77.2 Å². The molecule has 0 unspecified atom stereocenters. The number of nitrogens with one attached hydrogen (secondary N) is 1.